The minimum Gasteiger partial charge on any atom is -0.444 e. The molecule has 1 aromatic carbocycles. The molecule has 0 saturated carbocycles. The van der Waals surface area contributed by atoms with E-state index in [4.69, 9.17) is 21.9 Å². The second kappa shape index (κ2) is 7.42. The monoisotopic (exact) mass is 346 g/mol. The van der Waals surface area contributed by atoms with Crippen LogP contribution < -0.4 is 17.2 Å². The molecule has 0 bridgehead atoms. The fraction of sp³-hybridized carbons (Fsp3) is 0.471. The van der Waals surface area contributed by atoms with Crippen molar-refractivity contribution in [2.75, 3.05) is 13.1 Å². The third-order valence-electron chi connectivity index (χ3n) is 3.63. The first-order valence-electron chi connectivity index (χ1n) is 8.17. The lowest BCUT2D eigenvalue weighted by atomic mass is 10.0. The summed E-state index contributed by atoms with van der Waals surface area (Å²) in [4.78, 5) is 21.9. The summed E-state index contributed by atoms with van der Waals surface area (Å²) < 4.78 is 5.46. The van der Waals surface area contributed by atoms with Crippen molar-refractivity contribution in [1.29, 1.82) is 0 Å². The molecule has 0 unspecified atom stereocenters. The lowest BCUT2D eigenvalue weighted by Gasteiger charge is -2.26. The summed E-state index contributed by atoms with van der Waals surface area (Å²) in [7, 11) is 0. The number of aliphatic imine (C=N–C) groups is 2. The van der Waals surface area contributed by atoms with Crippen LogP contribution >= 0.6 is 0 Å². The third kappa shape index (κ3) is 5.66. The van der Waals surface area contributed by atoms with E-state index < -0.39 is 5.60 Å². The minimum absolute atomic E-state index is 0.00366. The molecule has 8 heteroatoms. The number of nitrogens with zero attached hydrogens (tertiary/aromatic N) is 3. The first kappa shape index (κ1) is 18.6. The van der Waals surface area contributed by atoms with Crippen LogP contribution in [0.25, 0.3) is 0 Å². The van der Waals surface area contributed by atoms with Gasteiger partial charge >= 0.3 is 6.09 Å². The number of ether oxygens (including phenoxy) is 1. The van der Waals surface area contributed by atoms with Gasteiger partial charge < -0.3 is 26.8 Å². The van der Waals surface area contributed by atoms with Crippen LogP contribution in [-0.4, -0.2) is 41.6 Å². The van der Waals surface area contributed by atoms with Gasteiger partial charge in [-0.15, -0.1) is 0 Å². The Kier molecular flexibility index (Phi) is 5.51. The highest BCUT2D eigenvalue weighted by Gasteiger charge is 2.24. The summed E-state index contributed by atoms with van der Waals surface area (Å²) in [6, 6.07) is 5.80. The number of hydrogen-bond acceptors (Lipinski definition) is 3. The van der Waals surface area contributed by atoms with Gasteiger partial charge in [0, 0.05) is 13.1 Å². The standard InChI is InChI=1S/C17H26N6O2/c1-17(2,3)25-16(24)23-8-6-11-4-5-13(10-12(11)7-9-23)21-15(20)22-14(18)19/h4-5,10H,6-9H2,1-3H3,(H6,18,19,20,21,22). The lowest BCUT2D eigenvalue weighted by Crippen LogP contribution is -2.38. The molecule has 6 N–H and O–H groups in total. The molecule has 0 fully saturated rings. The SMILES string of the molecule is CC(C)(C)OC(=O)N1CCc2ccc(N=C(N)N=C(N)N)cc2CC1. The number of nitrogens with two attached hydrogens (primary N) is 3. The zero-order valence-corrected chi connectivity index (χ0v) is 15.0. The minimum atomic E-state index is -0.499. The molecule has 0 aliphatic carbocycles. The van der Waals surface area contributed by atoms with Crippen molar-refractivity contribution in [2.24, 2.45) is 27.2 Å². The van der Waals surface area contributed by atoms with Crippen molar-refractivity contribution < 1.29 is 9.53 Å². The molecule has 25 heavy (non-hydrogen) atoms. The number of rotatable bonds is 1. The molecule has 0 spiro atoms. The topological polar surface area (TPSA) is 132 Å². The summed E-state index contributed by atoms with van der Waals surface area (Å²) in [5, 5.41) is 0. The van der Waals surface area contributed by atoms with Crippen LogP contribution in [0.3, 0.4) is 0 Å². The molecule has 1 aromatic rings. The maximum Gasteiger partial charge on any atom is 0.410 e. The number of guanidine groups is 2. The van der Waals surface area contributed by atoms with E-state index in [9.17, 15) is 4.79 Å². The molecule has 0 radical (unpaired) electrons. The molecule has 1 aliphatic rings. The highest BCUT2D eigenvalue weighted by molar-refractivity contribution is 5.93. The van der Waals surface area contributed by atoms with E-state index in [0.717, 1.165) is 18.4 Å². The largest absolute Gasteiger partial charge is 0.444 e. The Morgan fingerprint density at radius 3 is 2.36 bits per heavy atom. The van der Waals surface area contributed by atoms with E-state index in [1.807, 2.05) is 39.0 Å². The van der Waals surface area contributed by atoms with Crippen molar-refractivity contribution in [2.45, 2.75) is 39.2 Å². The summed E-state index contributed by atoms with van der Waals surface area (Å²) in [6.45, 7) is 6.81. The smallest absolute Gasteiger partial charge is 0.410 e. The third-order valence-corrected chi connectivity index (χ3v) is 3.63. The Morgan fingerprint density at radius 1 is 1.12 bits per heavy atom. The number of amides is 1. The maximum atomic E-state index is 12.3. The number of hydrogen-bond donors (Lipinski definition) is 3. The average molecular weight is 346 g/mol. The molecule has 2 rings (SSSR count). The lowest BCUT2D eigenvalue weighted by molar-refractivity contribution is 0.0258. The number of carbonyl (C=O) groups is 1. The molecule has 0 atom stereocenters. The van der Waals surface area contributed by atoms with Gasteiger partial charge in [0.15, 0.2) is 5.96 Å². The predicted octanol–water partition coefficient (Wildman–Crippen LogP) is 1.24. The summed E-state index contributed by atoms with van der Waals surface area (Å²) >= 11 is 0. The van der Waals surface area contributed by atoms with Crippen molar-refractivity contribution in [1.82, 2.24) is 4.90 Å². The van der Waals surface area contributed by atoms with Gasteiger partial charge in [-0.2, -0.15) is 4.99 Å². The Morgan fingerprint density at radius 2 is 1.76 bits per heavy atom. The van der Waals surface area contributed by atoms with Crippen molar-refractivity contribution in [3.63, 3.8) is 0 Å². The van der Waals surface area contributed by atoms with Gasteiger partial charge in [-0.25, -0.2) is 9.79 Å². The quantitative estimate of drug-likeness (QED) is 0.520. The summed E-state index contributed by atoms with van der Waals surface area (Å²) in [6.07, 6.45) is 1.21. The molecule has 1 aliphatic heterocycles. The summed E-state index contributed by atoms with van der Waals surface area (Å²) in [5.41, 5.74) is 18.7. The second-order valence-electron chi connectivity index (χ2n) is 6.93. The van der Waals surface area contributed by atoms with E-state index >= 15 is 0 Å². The van der Waals surface area contributed by atoms with Gasteiger partial charge in [0.1, 0.15) is 5.60 Å². The fourth-order valence-electron chi connectivity index (χ4n) is 2.58. The second-order valence-corrected chi connectivity index (χ2v) is 6.93. The van der Waals surface area contributed by atoms with E-state index in [1.54, 1.807) is 4.90 Å². The van der Waals surface area contributed by atoms with Crippen LogP contribution in [0.1, 0.15) is 31.9 Å². The Hall–Kier alpha value is -2.77. The van der Waals surface area contributed by atoms with Crippen molar-refractivity contribution >= 4 is 23.7 Å². The Balaban J connectivity index is 2.12. The summed E-state index contributed by atoms with van der Waals surface area (Å²) in [5.74, 6) is -0.132. The molecular weight excluding hydrogens is 320 g/mol. The Labute approximate surface area is 147 Å². The molecule has 1 amide bonds. The van der Waals surface area contributed by atoms with Crippen molar-refractivity contribution in [3.05, 3.63) is 29.3 Å². The van der Waals surface area contributed by atoms with E-state index in [0.29, 0.717) is 18.8 Å². The van der Waals surface area contributed by atoms with Crippen LogP contribution in [0.15, 0.2) is 28.2 Å². The molecular formula is C17H26N6O2. The molecule has 136 valence electrons. The Bertz CT molecular complexity index is 702. The number of fused-ring (bicyclic) bond motifs is 1. The van der Waals surface area contributed by atoms with Gasteiger partial charge in [0.05, 0.1) is 5.69 Å². The van der Waals surface area contributed by atoms with E-state index in [1.165, 1.54) is 5.56 Å². The van der Waals surface area contributed by atoms with Crippen LogP contribution in [-0.2, 0) is 17.6 Å². The average Bonchev–Trinajstić information content (AvgIpc) is 2.66. The van der Waals surface area contributed by atoms with Crippen LogP contribution in [0.5, 0.6) is 0 Å². The zero-order valence-electron chi connectivity index (χ0n) is 15.0. The van der Waals surface area contributed by atoms with Gasteiger partial charge in [0.25, 0.3) is 0 Å². The van der Waals surface area contributed by atoms with E-state index in [-0.39, 0.29) is 18.0 Å². The van der Waals surface area contributed by atoms with Gasteiger partial charge in [-0.1, -0.05) is 6.07 Å². The van der Waals surface area contributed by atoms with Gasteiger partial charge in [-0.05, 0) is 56.9 Å². The van der Waals surface area contributed by atoms with Gasteiger partial charge in [0.2, 0.25) is 5.96 Å². The van der Waals surface area contributed by atoms with Crippen LogP contribution in [0, 0.1) is 0 Å². The molecule has 8 nitrogen and oxygen atoms in total. The number of benzene rings is 1. The normalized spacial score (nSPS) is 15.2. The fourth-order valence-corrected chi connectivity index (χ4v) is 2.58. The highest BCUT2D eigenvalue weighted by Crippen LogP contribution is 2.23. The zero-order chi connectivity index (χ0) is 18.6. The molecule has 0 aromatic heterocycles. The highest BCUT2D eigenvalue weighted by atomic mass is 16.6. The van der Waals surface area contributed by atoms with Gasteiger partial charge in [-0.3, -0.25) is 0 Å². The maximum absolute atomic E-state index is 12.3. The molecule has 0 saturated heterocycles. The first-order valence-corrected chi connectivity index (χ1v) is 8.17. The molecule has 1 heterocycles. The van der Waals surface area contributed by atoms with E-state index in [2.05, 4.69) is 9.98 Å². The van der Waals surface area contributed by atoms with Crippen LogP contribution in [0.2, 0.25) is 0 Å². The van der Waals surface area contributed by atoms with Crippen molar-refractivity contribution in [3.8, 4) is 0 Å². The number of carbonyl (C=O) groups excluding carboxylic acids is 1. The predicted molar refractivity (Wildman–Crippen MR) is 98.7 cm³/mol. The first-order chi connectivity index (χ1) is 11.6. The van der Waals surface area contributed by atoms with Crippen LogP contribution in [0.4, 0.5) is 10.5 Å².